The van der Waals surface area contributed by atoms with Gasteiger partial charge in [0, 0.05) is 23.0 Å². The van der Waals surface area contributed by atoms with Crippen LogP contribution in [0.3, 0.4) is 0 Å². The Morgan fingerprint density at radius 2 is 2.12 bits per heavy atom. The third-order valence-corrected chi connectivity index (χ3v) is 3.54. The molecule has 16 heavy (non-hydrogen) atoms. The SMILES string of the molecule is CNC(CSC(C)(C)C)Cc1nnn(C)n1. The van der Waals surface area contributed by atoms with Crippen LogP contribution < -0.4 is 5.32 Å². The first-order valence-electron chi connectivity index (χ1n) is 5.45. The van der Waals surface area contributed by atoms with Gasteiger partial charge in [0.2, 0.25) is 0 Å². The van der Waals surface area contributed by atoms with Gasteiger partial charge >= 0.3 is 0 Å². The molecule has 0 bridgehead atoms. The molecule has 0 aromatic carbocycles. The molecule has 5 nitrogen and oxygen atoms in total. The molecule has 0 spiro atoms. The highest BCUT2D eigenvalue weighted by molar-refractivity contribution is 8.00. The molecule has 1 atom stereocenters. The van der Waals surface area contributed by atoms with E-state index in [0.29, 0.717) is 10.8 Å². The second-order valence-electron chi connectivity index (χ2n) is 4.81. The van der Waals surface area contributed by atoms with Crippen LogP contribution in [0.4, 0.5) is 0 Å². The number of thioether (sulfide) groups is 1. The summed E-state index contributed by atoms with van der Waals surface area (Å²) in [6.45, 7) is 6.68. The van der Waals surface area contributed by atoms with Crippen LogP contribution in [0.2, 0.25) is 0 Å². The third-order valence-electron chi connectivity index (χ3n) is 2.10. The highest BCUT2D eigenvalue weighted by Gasteiger charge is 2.16. The second-order valence-corrected chi connectivity index (χ2v) is 6.65. The summed E-state index contributed by atoms with van der Waals surface area (Å²) in [7, 11) is 3.76. The fourth-order valence-corrected chi connectivity index (χ4v) is 2.21. The van der Waals surface area contributed by atoms with Crippen molar-refractivity contribution in [1.29, 1.82) is 0 Å². The maximum atomic E-state index is 4.19. The highest BCUT2D eigenvalue weighted by atomic mass is 32.2. The quantitative estimate of drug-likeness (QED) is 0.831. The zero-order valence-electron chi connectivity index (χ0n) is 10.7. The number of hydrogen-bond donors (Lipinski definition) is 1. The zero-order chi connectivity index (χ0) is 12.2. The standard InChI is InChI=1S/C10H21N5S/c1-10(2,3)16-7-8(11-4)6-9-12-14-15(5)13-9/h8,11H,6-7H2,1-5H3. The van der Waals surface area contributed by atoms with Gasteiger partial charge < -0.3 is 5.32 Å². The molecule has 1 heterocycles. The Kier molecular flexibility index (Phi) is 4.73. The van der Waals surface area contributed by atoms with Gasteiger partial charge in [0.05, 0.1) is 7.05 Å². The maximum absolute atomic E-state index is 4.19. The number of nitrogens with one attached hydrogen (secondary N) is 1. The molecule has 0 aliphatic rings. The first kappa shape index (κ1) is 13.4. The van der Waals surface area contributed by atoms with Gasteiger partial charge in [-0.15, -0.1) is 10.2 Å². The lowest BCUT2D eigenvalue weighted by atomic mass is 10.2. The molecule has 1 N–H and O–H groups in total. The van der Waals surface area contributed by atoms with Crippen molar-refractivity contribution in [3.63, 3.8) is 0 Å². The van der Waals surface area contributed by atoms with Crippen molar-refractivity contribution in [3.8, 4) is 0 Å². The van der Waals surface area contributed by atoms with Crippen molar-refractivity contribution in [3.05, 3.63) is 5.82 Å². The van der Waals surface area contributed by atoms with E-state index in [2.05, 4.69) is 41.5 Å². The zero-order valence-corrected chi connectivity index (χ0v) is 11.5. The molecule has 1 rings (SSSR count). The first-order valence-corrected chi connectivity index (χ1v) is 6.43. The Labute approximate surface area is 101 Å². The smallest absolute Gasteiger partial charge is 0.176 e. The van der Waals surface area contributed by atoms with Crippen molar-refractivity contribution < 1.29 is 0 Å². The van der Waals surface area contributed by atoms with E-state index in [1.54, 1.807) is 7.05 Å². The average molecular weight is 243 g/mol. The minimum absolute atomic E-state index is 0.297. The Balaban J connectivity index is 2.43. The molecule has 1 aromatic heterocycles. The Morgan fingerprint density at radius 3 is 2.56 bits per heavy atom. The number of nitrogens with zero attached hydrogens (tertiary/aromatic N) is 4. The Morgan fingerprint density at radius 1 is 1.44 bits per heavy atom. The van der Waals surface area contributed by atoms with Gasteiger partial charge in [0.1, 0.15) is 0 Å². The average Bonchev–Trinajstić information content (AvgIpc) is 2.57. The van der Waals surface area contributed by atoms with E-state index >= 15 is 0 Å². The predicted octanol–water partition coefficient (Wildman–Crippen LogP) is 0.872. The van der Waals surface area contributed by atoms with Crippen LogP contribution in [0.1, 0.15) is 26.6 Å². The van der Waals surface area contributed by atoms with E-state index in [4.69, 9.17) is 0 Å². The fraction of sp³-hybridized carbons (Fsp3) is 0.900. The van der Waals surface area contributed by atoms with E-state index in [-0.39, 0.29) is 0 Å². The summed E-state index contributed by atoms with van der Waals surface area (Å²) in [6.07, 6.45) is 0.827. The molecule has 6 heteroatoms. The minimum atomic E-state index is 0.297. The lowest BCUT2D eigenvalue weighted by Crippen LogP contribution is -2.32. The largest absolute Gasteiger partial charge is 0.316 e. The van der Waals surface area contributed by atoms with Crippen molar-refractivity contribution in [2.45, 2.75) is 38.0 Å². The molecule has 0 aliphatic carbocycles. The van der Waals surface area contributed by atoms with E-state index in [9.17, 15) is 0 Å². The summed E-state index contributed by atoms with van der Waals surface area (Å²) >= 11 is 1.95. The highest BCUT2D eigenvalue weighted by Crippen LogP contribution is 2.24. The van der Waals surface area contributed by atoms with Crippen molar-refractivity contribution in [1.82, 2.24) is 25.5 Å². The number of aromatic nitrogens is 4. The van der Waals surface area contributed by atoms with Crippen LogP contribution in [-0.2, 0) is 13.5 Å². The molecule has 0 radical (unpaired) electrons. The van der Waals surface area contributed by atoms with Crippen LogP contribution >= 0.6 is 11.8 Å². The van der Waals surface area contributed by atoms with Crippen molar-refractivity contribution >= 4 is 11.8 Å². The number of tetrazole rings is 1. The minimum Gasteiger partial charge on any atom is -0.316 e. The van der Waals surface area contributed by atoms with Crippen LogP contribution in [-0.4, -0.2) is 43.8 Å². The van der Waals surface area contributed by atoms with Crippen molar-refractivity contribution in [2.75, 3.05) is 12.8 Å². The summed E-state index contributed by atoms with van der Waals surface area (Å²) in [5.74, 6) is 1.86. The van der Waals surface area contributed by atoms with Crippen LogP contribution in [0.25, 0.3) is 0 Å². The van der Waals surface area contributed by atoms with Gasteiger partial charge in [-0.3, -0.25) is 0 Å². The molecular formula is C10H21N5S. The normalized spacial score (nSPS) is 14.1. The van der Waals surface area contributed by atoms with Gasteiger partial charge in [0.15, 0.2) is 5.82 Å². The van der Waals surface area contributed by atoms with E-state index < -0.39 is 0 Å². The number of rotatable bonds is 5. The van der Waals surface area contributed by atoms with Gasteiger partial charge in [-0.25, -0.2) is 0 Å². The maximum Gasteiger partial charge on any atom is 0.176 e. The molecule has 92 valence electrons. The second kappa shape index (κ2) is 5.63. The van der Waals surface area contributed by atoms with Gasteiger partial charge in [-0.1, -0.05) is 20.8 Å². The third kappa shape index (κ3) is 4.94. The molecular weight excluding hydrogens is 222 g/mol. The topological polar surface area (TPSA) is 55.6 Å². The Bertz CT molecular complexity index is 317. The van der Waals surface area contributed by atoms with E-state index in [0.717, 1.165) is 18.0 Å². The van der Waals surface area contributed by atoms with Crippen LogP contribution in [0.5, 0.6) is 0 Å². The van der Waals surface area contributed by atoms with E-state index in [1.165, 1.54) is 4.80 Å². The first-order chi connectivity index (χ1) is 7.40. The summed E-state index contributed by atoms with van der Waals surface area (Å²) in [4.78, 5) is 1.50. The molecule has 1 aromatic rings. The van der Waals surface area contributed by atoms with Gasteiger partial charge in [-0.05, 0) is 12.3 Å². The number of hydrogen-bond acceptors (Lipinski definition) is 5. The molecule has 0 saturated carbocycles. The number of likely N-dealkylation sites (N-methyl/N-ethyl adjacent to an activating group) is 1. The Hall–Kier alpha value is -0.620. The predicted molar refractivity (Wildman–Crippen MR) is 67.6 cm³/mol. The summed E-state index contributed by atoms with van der Waals surface area (Å²) in [5, 5.41) is 15.3. The number of aryl methyl sites for hydroxylation is 1. The fourth-order valence-electron chi connectivity index (χ4n) is 1.22. The summed E-state index contributed by atoms with van der Waals surface area (Å²) in [6, 6.07) is 0.397. The van der Waals surface area contributed by atoms with Crippen molar-refractivity contribution in [2.24, 2.45) is 7.05 Å². The molecule has 0 amide bonds. The molecule has 1 unspecified atom stereocenters. The van der Waals surface area contributed by atoms with Crippen LogP contribution in [0.15, 0.2) is 0 Å². The van der Waals surface area contributed by atoms with Gasteiger partial charge in [0.25, 0.3) is 0 Å². The molecule has 0 aliphatic heterocycles. The monoisotopic (exact) mass is 243 g/mol. The van der Waals surface area contributed by atoms with Crippen LogP contribution in [0, 0.1) is 0 Å². The summed E-state index contributed by atoms with van der Waals surface area (Å²) < 4.78 is 0.297. The van der Waals surface area contributed by atoms with E-state index in [1.807, 2.05) is 18.8 Å². The van der Waals surface area contributed by atoms with Gasteiger partial charge in [-0.2, -0.15) is 16.6 Å². The lowest BCUT2D eigenvalue weighted by molar-refractivity contribution is 0.589. The lowest BCUT2D eigenvalue weighted by Gasteiger charge is -2.21. The summed E-state index contributed by atoms with van der Waals surface area (Å²) in [5.41, 5.74) is 0. The molecule has 0 saturated heterocycles. The molecule has 0 fully saturated rings.